The fourth-order valence-electron chi connectivity index (χ4n) is 2.09. The van der Waals surface area contributed by atoms with Crippen molar-refractivity contribution in [3.63, 3.8) is 0 Å². The molecule has 0 spiro atoms. The first kappa shape index (κ1) is 12.2. The zero-order valence-corrected chi connectivity index (χ0v) is 10.8. The highest BCUT2D eigenvalue weighted by molar-refractivity contribution is 6.71. The maximum absolute atomic E-state index is 9.39. The minimum absolute atomic E-state index is 0.0149. The van der Waals surface area contributed by atoms with Gasteiger partial charge in [-0.25, -0.2) is 0 Å². The van der Waals surface area contributed by atoms with Gasteiger partial charge in [0.2, 0.25) is 0 Å². The first-order valence-corrected chi connectivity index (χ1v) is 8.88. The SMILES string of the molecule is CO[Si](C)(C)CCC1CCC(O)CC1. The molecule has 1 N–H and O–H groups in total. The van der Waals surface area contributed by atoms with E-state index < -0.39 is 8.32 Å². The van der Waals surface area contributed by atoms with Crippen molar-refractivity contribution in [2.75, 3.05) is 7.11 Å². The number of hydrogen-bond donors (Lipinski definition) is 1. The van der Waals surface area contributed by atoms with Gasteiger partial charge in [-0.1, -0.05) is 6.42 Å². The maximum Gasteiger partial charge on any atom is 0.186 e. The van der Waals surface area contributed by atoms with E-state index in [0.717, 1.165) is 18.8 Å². The van der Waals surface area contributed by atoms with E-state index in [-0.39, 0.29) is 6.10 Å². The average Bonchev–Trinajstić information content (AvgIpc) is 2.17. The fraction of sp³-hybridized carbons (Fsp3) is 1.00. The second-order valence-corrected chi connectivity index (χ2v) is 9.60. The highest BCUT2D eigenvalue weighted by Crippen LogP contribution is 2.29. The minimum atomic E-state index is -1.34. The van der Waals surface area contributed by atoms with Crippen LogP contribution >= 0.6 is 0 Å². The Balaban J connectivity index is 2.19. The smallest absolute Gasteiger partial charge is 0.186 e. The molecule has 0 heterocycles. The van der Waals surface area contributed by atoms with E-state index in [1.807, 2.05) is 7.11 Å². The third kappa shape index (κ3) is 4.11. The van der Waals surface area contributed by atoms with E-state index in [0.29, 0.717) is 0 Å². The number of aliphatic hydroxyl groups is 1. The lowest BCUT2D eigenvalue weighted by Gasteiger charge is -2.28. The number of hydrogen-bond acceptors (Lipinski definition) is 2. The molecule has 1 aliphatic rings. The van der Waals surface area contributed by atoms with Gasteiger partial charge in [0.05, 0.1) is 6.10 Å². The summed E-state index contributed by atoms with van der Waals surface area (Å²) in [7, 11) is 0.503. The first-order chi connectivity index (χ1) is 6.53. The van der Waals surface area contributed by atoms with Gasteiger partial charge < -0.3 is 9.53 Å². The molecular weight excluding hydrogens is 192 g/mol. The first-order valence-electron chi connectivity index (χ1n) is 5.77. The van der Waals surface area contributed by atoms with E-state index in [1.54, 1.807) is 0 Å². The molecule has 0 aromatic carbocycles. The third-order valence-corrected chi connectivity index (χ3v) is 6.12. The van der Waals surface area contributed by atoms with E-state index in [1.165, 1.54) is 25.3 Å². The molecule has 0 bridgehead atoms. The van der Waals surface area contributed by atoms with Crippen LogP contribution in [-0.4, -0.2) is 26.6 Å². The Morgan fingerprint density at radius 3 is 2.29 bits per heavy atom. The van der Waals surface area contributed by atoms with Crippen LogP contribution in [-0.2, 0) is 4.43 Å². The topological polar surface area (TPSA) is 29.5 Å². The van der Waals surface area contributed by atoms with Gasteiger partial charge in [-0.15, -0.1) is 0 Å². The fourth-order valence-corrected chi connectivity index (χ4v) is 3.39. The Hall–Kier alpha value is 0.137. The quantitative estimate of drug-likeness (QED) is 0.732. The molecule has 0 aromatic heterocycles. The molecule has 84 valence electrons. The predicted molar refractivity (Wildman–Crippen MR) is 61.9 cm³/mol. The lowest BCUT2D eigenvalue weighted by molar-refractivity contribution is 0.107. The molecule has 0 radical (unpaired) electrons. The Labute approximate surface area is 88.8 Å². The van der Waals surface area contributed by atoms with E-state index in [4.69, 9.17) is 4.43 Å². The molecule has 0 aromatic rings. The highest BCUT2D eigenvalue weighted by Gasteiger charge is 2.25. The lowest BCUT2D eigenvalue weighted by Crippen LogP contribution is -2.29. The van der Waals surface area contributed by atoms with Gasteiger partial charge in [-0.05, 0) is 50.7 Å². The molecule has 1 rings (SSSR count). The molecule has 2 nitrogen and oxygen atoms in total. The van der Waals surface area contributed by atoms with Crippen LogP contribution in [0.3, 0.4) is 0 Å². The van der Waals surface area contributed by atoms with Crippen LogP contribution in [0.15, 0.2) is 0 Å². The van der Waals surface area contributed by atoms with E-state index >= 15 is 0 Å². The normalized spacial score (nSPS) is 29.1. The molecule has 0 aliphatic heterocycles. The van der Waals surface area contributed by atoms with Crippen LogP contribution in [0.1, 0.15) is 32.1 Å². The molecule has 0 atom stereocenters. The monoisotopic (exact) mass is 216 g/mol. The second-order valence-electron chi connectivity index (χ2n) is 5.18. The van der Waals surface area contributed by atoms with Crippen molar-refractivity contribution in [2.45, 2.75) is 57.3 Å². The van der Waals surface area contributed by atoms with Crippen LogP contribution in [0.2, 0.25) is 19.1 Å². The van der Waals surface area contributed by atoms with Crippen LogP contribution in [0.4, 0.5) is 0 Å². The van der Waals surface area contributed by atoms with Crippen molar-refractivity contribution in [1.29, 1.82) is 0 Å². The van der Waals surface area contributed by atoms with Gasteiger partial charge in [0.25, 0.3) is 0 Å². The Morgan fingerprint density at radius 2 is 1.79 bits per heavy atom. The summed E-state index contributed by atoms with van der Waals surface area (Å²) in [5.74, 6) is 0.848. The molecule has 1 fully saturated rings. The molecule has 0 amide bonds. The standard InChI is InChI=1S/C11H24O2Si/c1-13-14(2,3)9-8-10-4-6-11(12)7-5-10/h10-12H,4-9H2,1-3H3. The van der Waals surface area contributed by atoms with Crippen molar-refractivity contribution < 1.29 is 9.53 Å². The molecule has 3 heteroatoms. The summed E-state index contributed by atoms with van der Waals surface area (Å²) >= 11 is 0. The zero-order valence-electron chi connectivity index (χ0n) is 9.75. The summed E-state index contributed by atoms with van der Waals surface area (Å²) in [5, 5.41) is 9.39. The van der Waals surface area contributed by atoms with Gasteiger partial charge >= 0.3 is 0 Å². The van der Waals surface area contributed by atoms with Crippen LogP contribution in [0.25, 0.3) is 0 Å². The third-order valence-electron chi connectivity index (χ3n) is 3.52. The lowest BCUT2D eigenvalue weighted by atomic mass is 9.86. The van der Waals surface area contributed by atoms with Crippen LogP contribution in [0, 0.1) is 5.92 Å². The van der Waals surface area contributed by atoms with Crippen molar-refractivity contribution in [3.05, 3.63) is 0 Å². The van der Waals surface area contributed by atoms with E-state index in [9.17, 15) is 5.11 Å². The van der Waals surface area contributed by atoms with Crippen LogP contribution in [0.5, 0.6) is 0 Å². The predicted octanol–water partition coefficient (Wildman–Crippen LogP) is 2.78. The summed E-state index contributed by atoms with van der Waals surface area (Å²) in [6, 6.07) is 1.27. The minimum Gasteiger partial charge on any atom is -0.420 e. The Kier molecular flexibility index (Phi) is 4.61. The molecule has 0 unspecified atom stereocenters. The highest BCUT2D eigenvalue weighted by atomic mass is 28.4. The van der Waals surface area contributed by atoms with Crippen molar-refractivity contribution in [2.24, 2.45) is 5.92 Å². The van der Waals surface area contributed by atoms with Crippen molar-refractivity contribution >= 4 is 8.32 Å². The molecular formula is C11H24O2Si. The second kappa shape index (κ2) is 5.28. The van der Waals surface area contributed by atoms with Crippen LogP contribution < -0.4 is 0 Å². The summed E-state index contributed by atoms with van der Waals surface area (Å²) in [4.78, 5) is 0. The van der Waals surface area contributed by atoms with Crippen molar-refractivity contribution in [1.82, 2.24) is 0 Å². The maximum atomic E-state index is 9.39. The average molecular weight is 216 g/mol. The van der Waals surface area contributed by atoms with Gasteiger partial charge in [0.1, 0.15) is 0 Å². The summed E-state index contributed by atoms with van der Waals surface area (Å²) in [6.45, 7) is 4.56. The largest absolute Gasteiger partial charge is 0.420 e. The Bertz CT molecular complexity index is 163. The van der Waals surface area contributed by atoms with Gasteiger partial charge in [0.15, 0.2) is 8.32 Å². The molecule has 14 heavy (non-hydrogen) atoms. The molecule has 1 aliphatic carbocycles. The number of rotatable bonds is 4. The summed E-state index contributed by atoms with van der Waals surface area (Å²) in [5.41, 5.74) is 0. The van der Waals surface area contributed by atoms with Gasteiger partial charge in [0, 0.05) is 7.11 Å². The van der Waals surface area contributed by atoms with Gasteiger partial charge in [-0.3, -0.25) is 0 Å². The molecule has 0 saturated heterocycles. The van der Waals surface area contributed by atoms with Crippen molar-refractivity contribution in [3.8, 4) is 0 Å². The zero-order chi connectivity index (χ0) is 10.6. The molecule has 1 saturated carbocycles. The number of aliphatic hydroxyl groups excluding tert-OH is 1. The van der Waals surface area contributed by atoms with E-state index in [2.05, 4.69) is 13.1 Å². The summed E-state index contributed by atoms with van der Waals surface area (Å²) in [6.07, 6.45) is 5.75. The van der Waals surface area contributed by atoms with Gasteiger partial charge in [-0.2, -0.15) is 0 Å². The Morgan fingerprint density at radius 1 is 1.21 bits per heavy atom. The summed E-state index contributed by atoms with van der Waals surface area (Å²) < 4.78 is 5.54.